The molecule has 1 aliphatic carbocycles. The number of hydrogen-bond acceptors (Lipinski definition) is 3. The van der Waals surface area contributed by atoms with E-state index >= 15 is 0 Å². The van der Waals surface area contributed by atoms with Gasteiger partial charge in [0, 0.05) is 50.9 Å². The Kier molecular flexibility index (Phi) is 8.54. The number of para-hydroxylation sites is 1. The zero-order chi connectivity index (χ0) is 45.0. The molecular weight excluding hydrogens is 802 g/mol. The summed E-state index contributed by atoms with van der Waals surface area (Å²) in [6, 6.07) is 57.2. The van der Waals surface area contributed by atoms with Gasteiger partial charge in [0.1, 0.15) is 8.07 Å². The first-order chi connectivity index (χ1) is 31.0. The first kappa shape index (κ1) is 40.7. The first-order valence-electron chi connectivity index (χ1n) is 24.3. The van der Waals surface area contributed by atoms with E-state index in [9.17, 15) is 0 Å². The van der Waals surface area contributed by atoms with E-state index in [2.05, 4.69) is 229 Å². The highest BCUT2D eigenvalue weighted by Crippen LogP contribution is 2.61. The summed E-state index contributed by atoms with van der Waals surface area (Å²) < 4.78 is 0. The molecule has 324 valence electrons. The Bertz CT molecular complexity index is 3080. The SMILES string of the molecule is CC(C)(C)c1ccc(-c2ccc(N3c4cc(N5c6ccccc6C6(C)CCCCC56C)cc5c4B4c6c3cccc6[Si](C)(C)c3cccc(c34)N5c3ccc(C(C)(C)C)cc3)cc2)cc1. The van der Waals surface area contributed by atoms with E-state index in [0.717, 1.165) is 6.42 Å². The van der Waals surface area contributed by atoms with Crippen LogP contribution in [-0.2, 0) is 16.2 Å². The van der Waals surface area contributed by atoms with Crippen LogP contribution in [0.3, 0.4) is 0 Å². The van der Waals surface area contributed by atoms with E-state index in [1.807, 2.05) is 0 Å². The minimum absolute atomic E-state index is 0.0423. The van der Waals surface area contributed by atoms with Gasteiger partial charge in [-0.05, 0) is 129 Å². The normalized spacial score (nSPS) is 21.0. The second kappa shape index (κ2) is 13.6. The molecule has 4 aliphatic heterocycles. The lowest BCUT2D eigenvalue weighted by Gasteiger charge is -2.52. The lowest BCUT2D eigenvalue weighted by Crippen LogP contribution is -2.79. The Balaban J connectivity index is 1.14. The van der Waals surface area contributed by atoms with Gasteiger partial charge in [0.2, 0.25) is 0 Å². The van der Waals surface area contributed by atoms with Crippen LogP contribution in [0.1, 0.15) is 97.8 Å². The molecule has 0 spiro atoms. The molecule has 2 atom stereocenters. The number of anilines is 8. The zero-order valence-corrected chi connectivity index (χ0v) is 41.1. The van der Waals surface area contributed by atoms with Crippen LogP contribution in [0.25, 0.3) is 11.1 Å². The molecule has 0 aromatic heterocycles. The predicted molar refractivity (Wildman–Crippen MR) is 283 cm³/mol. The Morgan fingerprint density at radius 2 is 0.938 bits per heavy atom. The lowest BCUT2D eigenvalue weighted by atomic mass is 9.33. The molecule has 0 saturated heterocycles. The highest BCUT2D eigenvalue weighted by Gasteiger charge is 2.58. The molecule has 7 aromatic rings. The van der Waals surface area contributed by atoms with Gasteiger partial charge >= 0.3 is 0 Å². The largest absolute Gasteiger partial charge is 0.334 e. The van der Waals surface area contributed by atoms with Crippen LogP contribution in [0.5, 0.6) is 0 Å². The van der Waals surface area contributed by atoms with Gasteiger partial charge in [-0.1, -0.05) is 176 Å². The fourth-order valence-corrected chi connectivity index (χ4v) is 16.4. The van der Waals surface area contributed by atoms with Crippen LogP contribution in [0, 0.1) is 0 Å². The predicted octanol–water partition coefficient (Wildman–Crippen LogP) is 12.9. The molecule has 0 radical (unpaired) electrons. The third kappa shape index (κ3) is 5.60. The summed E-state index contributed by atoms with van der Waals surface area (Å²) >= 11 is 0. The van der Waals surface area contributed by atoms with Crippen LogP contribution in [0.2, 0.25) is 13.1 Å². The molecule has 65 heavy (non-hydrogen) atoms. The van der Waals surface area contributed by atoms with E-state index in [4.69, 9.17) is 0 Å². The van der Waals surface area contributed by atoms with Crippen LogP contribution in [-0.4, -0.2) is 20.3 Å². The van der Waals surface area contributed by atoms with E-state index in [1.165, 1.54) is 109 Å². The summed E-state index contributed by atoms with van der Waals surface area (Å²) in [6.07, 6.45) is 4.87. The third-order valence-corrected chi connectivity index (χ3v) is 20.5. The van der Waals surface area contributed by atoms with Crippen molar-refractivity contribution in [1.29, 1.82) is 0 Å². The van der Waals surface area contributed by atoms with Gasteiger partial charge in [-0.25, -0.2) is 0 Å². The summed E-state index contributed by atoms with van der Waals surface area (Å²) in [4.78, 5) is 8.09. The molecule has 0 amide bonds. The number of hydrogen-bond donors (Lipinski definition) is 0. The van der Waals surface area contributed by atoms with Gasteiger partial charge in [-0.15, -0.1) is 0 Å². The second-order valence-corrected chi connectivity index (χ2v) is 27.3. The van der Waals surface area contributed by atoms with Gasteiger partial charge in [0.05, 0.1) is 5.54 Å². The average Bonchev–Trinajstić information content (AvgIpc) is 3.50. The summed E-state index contributed by atoms with van der Waals surface area (Å²) in [5.74, 6) is 0. The van der Waals surface area contributed by atoms with Crippen molar-refractivity contribution in [2.45, 2.75) is 116 Å². The van der Waals surface area contributed by atoms with Crippen molar-refractivity contribution >= 4 is 87.0 Å². The highest BCUT2D eigenvalue weighted by atomic mass is 28.3. The van der Waals surface area contributed by atoms with Crippen LogP contribution in [0.4, 0.5) is 45.5 Å². The number of nitrogens with zero attached hydrogens (tertiary/aromatic N) is 3. The van der Waals surface area contributed by atoms with Crippen molar-refractivity contribution in [1.82, 2.24) is 0 Å². The third-order valence-electron chi connectivity index (χ3n) is 16.9. The van der Waals surface area contributed by atoms with E-state index in [1.54, 1.807) is 10.4 Å². The molecule has 5 aliphatic rings. The molecule has 12 rings (SSSR count). The Hall–Kier alpha value is -5.78. The Morgan fingerprint density at radius 1 is 0.477 bits per heavy atom. The van der Waals surface area contributed by atoms with Crippen molar-refractivity contribution < 1.29 is 0 Å². The molecule has 1 fully saturated rings. The monoisotopic (exact) mass is 863 g/mol. The van der Waals surface area contributed by atoms with Gasteiger partial charge in [-0.2, -0.15) is 0 Å². The first-order valence-corrected chi connectivity index (χ1v) is 27.3. The van der Waals surface area contributed by atoms with Crippen molar-refractivity contribution in [2.75, 3.05) is 14.7 Å². The molecule has 0 N–H and O–H groups in total. The maximum atomic E-state index is 2.79. The smallest absolute Gasteiger partial charge is 0.251 e. The highest BCUT2D eigenvalue weighted by molar-refractivity contribution is 7.16. The summed E-state index contributed by atoms with van der Waals surface area (Å²) in [5, 5.41) is 3.13. The van der Waals surface area contributed by atoms with E-state index in [-0.39, 0.29) is 28.5 Å². The zero-order valence-electron chi connectivity index (χ0n) is 40.1. The molecule has 7 aromatic carbocycles. The maximum Gasteiger partial charge on any atom is 0.251 e. The van der Waals surface area contributed by atoms with Crippen molar-refractivity contribution in [2.24, 2.45) is 0 Å². The Morgan fingerprint density at radius 3 is 1.48 bits per heavy atom. The van der Waals surface area contributed by atoms with E-state index in [0.29, 0.717) is 0 Å². The standard InChI is InChI=1S/C60H62BN3Si/c1-57(2,3)41-27-23-39(24-28-41)40-25-31-43(32-26-40)62-48-19-15-21-52-55(48)61-54-50(62)37-45(64-47-18-12-11-17-46(47)59(7)35-13-14-36-60(59,64)8)38-51(54)63(44-33-29-42(30-34-44)58(4,5)6)49-20-16-22-53(56(49)61)65(52,9)10/h11-12,15-34,37-38H,13-14,35-36H2,1-10H3. The number of benzene rings is 7. The van der Waals surface area contributed by atoms with Crippen molar-refractivity contribution in [3.63, 3.8) is 0 Å². The van der Waals surface area contributed by atoms with Gasteiger partial charge in [-0.3, -0.25) is 0 Å². The van der Waals surface area contributed by atoms with Crippen LogP contribution < -0.4 is 41.5 Å². The minimum Gasteiger partial charge on any atom is -0.334 e. The maximum absolute atomic E-state index is 2.79. The molecular formula is C60H62BN3Si. The topological polar surface area (TPSA) is 9.72 Å². The molecule has 5 heteroatoms. The summed E-state index contributed by atoms with van der Waals surface area (Å²) in [5.41, 5.74) is 21.6. The Labute approximate surface area is 389 Å². The lowest BCUT2D eigenvalue weighted by molar-refractivity contribution is 0.195. The summed E-state index contributed by atoms with van der Waals surface area (Å²) in [7, 11) is -2.15. The fraction of sp³-hybridized carbons (Fsp3) is 0.300. The molecule has 4 heterocycles. The minimum atomic E-state index is -2.15. The molecule has 3 nitrogen and oxygen atoms in total. The molecule has 0 bridgehead atoms. The van der Waals surface area contributed by atoms with E-state index < -0.39 is 8.07 Å². The van der Waals surface area contributed by atoms with Gasteiger partial charge in [0.25, 0.3) is 6.71 Å². The molecule has 2 unspecified atom stereocenters. The van der Waals surface area contributed by atoms with Gasteiger partial charge < -0.3 is 14.7 Å². The van der Waals surface area contributed by atoms with Crippen LogP contribution in [0.15, 0.2) is 146 Å². The molecule has 1 saturated carbocycles. The number of rotatable bonds is 4. The number of fused-ring (bicyclic) bond motifs is 3. The fourth-order valence-electron chi connectivity index (χ4n) is 13.2. The van der Waals surface area contributed by atoms with Crippen LogP contribution >= 0.6 is 0 Å². The quantitative estimate of drug-likeness (QED) is 0.163. The average molecular weight is 864 g/mol. The van der Waals surface area contributed by atoms with Crippen molar-refractivity contribution in [3.05, 3.63) is 162 Å². The van der Waals surface area contributed by atoms with Crippen molar-refractivity contribution in [3.8, 4) is 11.1 Å². The van der Waals surface area contributed by atoms with Gasteiger partial charge in [0.15, 0.2) is 0 Å². The summed E-state index contributed by atoms with van der Waals surface area (Å²) in [6.45, 7) is 24.3. The second-order valence-electron chi connectivity index (χ2n) is 22.9.